The number of likely N-dealkylation sites (tertiary alicyclic amines) is 1. The van der Waals surface area contributed by atoms with Crippen molar-refractivity contribution in [1.29, 1.82) is 0 Å². The van der Waals surface area contributed by atoms with Crippen LogP contribution in [0, 0.1) is 0 Å². The molecule has 1 amide bonds. The number of rotatable bonds is 2. The van der Waals surface area contributed by atoms with E-state index in [-0.39, 0.29) is 5.91 Å². The minimum Gasteiger partial charge on any atom is -0.449 e. The highest BCUT2D eigenvalue weighted by molar-refractivity contribution is 6.42. The molecule has 1 saturated heterocycles. The molecule has 1 unspecified atom stereocenters. The molecule has 2 fully saturated rings. The van der Waals surface area contributed by atoms with Crippen LogP contribution in [0.15, 0.2) is 30.5 Å². The van der Waals surface area contributed by atoms with Gasteiger partial charge in [0.2, 0.25) is 5.91 Å². The van der Waals surface area contributed by atoms with E-state index in [4.69, 9.17) is 39.5 Å². The maximum absolute atomic E-state index is 13.4. The summed E-state index contributed by atoms with van der Waals surface area (Å²) >= 11 is 18.2. The predicted molar refractivity (Wildman–Crippen MR) is 105 cm³/mol. The van der Waals surface area contributed by atoms with Crippen LogP contribution in [0.25, 0.3) is 0 Å². The van der Waals surface area contributed by atoms with E-state index in [1.54, 1.807) is 23.1 Å². The van der Waals surface area contributed by atoms with Crippen molar-refractivity contribution in [1.82, 2.24) is 9.88 Å². The molecule has 5 nitrogen and oxygen atoms in total. The summed E-state index contributed by atoms with van der Waals surface area (Å²) < 4.78 is 5.72. The average molecular weight is 438 g/mol. The highest BCUT2D eigenvalue weighted by Gasteiger charge is 2.58. The number of fused-ring (bicyclic) bond motifs is 2. The Bertz CT molecular complexity index is 1040. The summed E-state index contributed by atoms with van der Waals surface area (Å²) in [5, 5.41) is 1.21. The Morgan fingerprint density at radius 2 is 1.89 bits per heavy atom. The van der Waals surface area contributed by atoms with E-state index in [9.17, 15) is 9.59 Å². The van der Waals surface area contributed by atoms with Crippen molar-refractivity contribution in [3.8, 4) is 0 Å². The van der Waals surface area contributed by atoms with E-state index in [1.165, 1.54) is 6.20 Å². The van der Waals surface area contributed by atoms with Crippen LogP contribution >= 0.6 is 34.8 Å². The number of carbonyl (C=O) groups excluding carboxylic acids is 2. The highest BCUT2D eigenvalue weighted by Crippen LogP contribution is 2.52. The van der Waals surface area contributed by atoms with Crippen molar-refractivity contribution < 1.29 is 14.3 Å². The summed E-state index contributed by atoms with van der Waals surface area (Å²) in [5.74, 6) is -0.383. The fourth-order valence-electron chi connectivity index (χ4n) is 4.36. The standard InChI is InChI=1S/C20H15Cl3N2O3/c21-14-2-1-11(7-15(14)22)19(3-4-19)18(27)25-6-5-20(10-25)13-8-16(23)24-9-12(13)17(26)28-20/h1-2,7-9H,3-6,10H2. The molecule has 3 heterocycles. The smallest absolute Gasteiger partial charge is 0.341 e. The molecule has 0 N–H and O–H groups in total. The third-order valence-corrected chi connectivity index (χ3v) is 6.97. The zero-order valence-electron chi connectivity index (χ0n) is 14.7. The monoisotopic (exact) mass is 436 g/mol. The Morgan fingerprint density at radius 1 is 1.11 bits per heavy atom. The van der Waals surface area contributed by atoms with Gasteiger partial charge in [-0.1, -0.05) is 40.9 Å². The maximum atomic E-state index is 13.4. The predicted octanol–water partition coefficient (Wildman–Crippen LogP) is 4.37. The maximum Gasteiger partial charge on any atom is 0.341 e. The minimum atomic E-state index is -0.845. The topological polar surface area (TPSA) is 59.5 Å². The number of halogens is 3. The van der Waals surface area contributed by atoms with E-state index in [2.05, 4.69) is 4.98 Å². The molecule has 0 bridgehead atoms. The van der Waals surface area contributed by atoms with Crippen LogP contribution in [0.4, 0.5) is 0 Å². The molecule has 1 aromatic heterocycles. The van der Waals surface area contributed by atoms with E-state index in [0.717, 1.165) is 18.4 Å². The van der Waals surface area contributed by atoms with Gasteiger partial charge in [-0.25, -0.2) is 9.78 Å². The zero-order valence-corrected chi connectivity index (χ0v) is 16.9. The average Bonchev–Trinajstić information content (AvgIpc) is 3.30. The van der Waals surface area contributed by atoms with Crippen molar-refractivity contribution in [2.75, 3.05) is 13.1 Å². The second-order valence-electron chi connectivity index (χ2n) is 7.62. The number of benzene rings is 1. The van der Waals surface area contributed by atoms with Crippen molar-refractivity contribution in [2.24, 2.45) is 0 Å². The number of pyridine rings is 1. The lowest BCUT2D eigenvalue weighted by atomic mass is 9.92. The number of aromatic nitrogens is 1. The number of ether oxygens (including phenoxy) is 1. The van der Waals surface area contributed by atoms with Gasteiger partial charge >= 0.3 is 5.97 Å². The molecule has 0 radical (unpaired) electrons. The van der Waals surface area contributed by atoms with Crippen LogP contribution in [0.5, 0.6) is 0 Å². The molecule has 5 rings (SSSR count). The summed E-state index contributed by atoms with van der Waals surface area (Å²) in [5.41, 5.74) is 0.601. The summed E-state index contributed by atoms with van der Waals surface area (Å²) in [7, 11) is 0. The van der Waals surface area contributed by atoms with Gasteiger partial charge in [-0.2, -0.15) is 0 Å². The highest BCUT2D eigenvalue weighted by atomic mass is 35.5. The second kappa shape index (κ2) is 6.09. The normalized spacial score (nSPS) is 24.4. The van der Waals surface area contributed by atoms with Crippen LogP contribution in [-0.4, -0.2) is 34.8 Å². The first-order chi connectivity index (χ1) is 13.3. The third-order valence-electron chi connectivity index (χ3n) is 6.02. The van der Waals surface area contributed by atoms with Gasteiger partial charge in [0.05, 0.1) is 27.6 Å². The quantitative estimate of drug-likeness (QED) is 0.517. The number of esters is 1. The molecule has 144 valence electrons. The lowest BCUT2D eigenvalue weighted by molar-refractivity contribution is -0.134. The van der Waals surface area contributed by atoms with Crippen molar-refractivity contribution in [2.45, 2.75) is 30.3 Å². The Morgan fingerprint density at radius 3 is 2.61 bits per heavy atom. The number of hydrogen-bond donors (Lipinski definition) is 0. The second-order valence-corrected chi connectivity index (χ2v) is 8.83. The first-order valence-electron chi connectivity index (χ1n) is 8.99. The minimum absolute atomic E-state index is 0.0346. The van der Waals surface area contributed by atoms with Gasteiger partial charge in [0.15, 0.2) is 5.60 Å². The third kappa shape index (κ3) is 2.56. The molecule has 8 heteroatoms. The molecule has 1 aliphatic carbocycles. The summed E-state index contributed by atoms with van der Waals surface area (Å²) in [4.78, 5) is 31.4. The molecule has 1 spiro atoms. The van der Waals surface area contributed by atoms with Gasteiger partial charge in [0.1, 0.15) is 5.15 Å². The van der Waals surface area contributed by atoms with Crippen LogP contribution in [-0.2, 0) is 20.5 Å². The van der Waals surface area contributed by atoms with E-state index in [1.807, 2.05) is 6.07 Å². The van der Waals surface area contributed by atoms with E-state index in [0.29, 0.717) is 45.8 Å². The van der Waals surface area contributed by atoms with Gasteiger partial charge in [-0.3, -0.25) is 4.79 Å². The molecule has 28 heavy (non-hydrogen) atoms. The molecule has 2 aliphatic heterocycles. The fourth-order valence-corrected chi connectivity index (χ4v) is 4.82. The fraction of sp³-hybridized carbons (Fsp3) is 0.350. The Balaban J connectivity index is 1.44. The van der Waals surface area contributed by atoms with Crippen LogP contribution in [0.2, 0.25) is 15.2 Å². The van der Waals surface area contributed by atoms with Crippen LogP contribution in [0.3, 0.4) is 0 Å². The van der Waals surface area contributed by atoms with E-state index < -0.39 is 17.0 Å². The molecular weight excluding hydrogens is 423 g/mol. The van der Waals surface area contributed by atoms with Gasteiger partial charge < -0.3 is 9.64 Å². The molecule has 1 aromatic carbocycles. The van der Waals surface area contributed by atoms with E-state index >= 15 is 0 Å². The SMILES string of the molecule is O=C1OC2(CCN(C(=O)C3(c4ccc(Cl)c(Cl)c4)CC3)C2)c2cc(Cl)ncc21. The molecular formula is C20H15Cl3N2O3. The molecule has 2 aromatic rings. The number of amides is 1. The lowest BCUT2D eigenvalue weighted by Crippen LogP contribution is -2.40. The lowest BCUT2D eigenvalue weighted by Gasteiger charge is -2.27. The largest absolute Gasteiger partial charge is 0.449 e. The van der Waals surface area contributed by atoms with Crippen molar-refractivity contribution in [3.63, 3.8) is 0 Å². The first-order valence-corrected chi connectivity index (χ1v) is 10.1. The van der Waals surface area contributed by atoms with Crippen LogP contribution in [0.1, 0.15) is 40.7 Å². The Hall–Kier alpha value is -1.82. The Labute approximate surface area is 176 Å². The molecule has 3 aliphatic rings. The van der Waals surface area contributed by atoms with Crippen LogP contribution < -0.4 is 0 Å². The number of hydrogen-bond acceptors (Lipinski definition) is 4. The summed E-state index contributed by atoms with van der Waals surface area (Å²) in [6.07, 6.45) is 3.51. The Kier molecular flexibility index (Phi) is 3.96. The van der Waals surface area contributed by atoms with Crippen molar-refractivity contribution >= 4 is 46.7 Å². The van der Waals surface area contributed by atoms with Gasteiger partial charge in [0.25, 0.3) is 0 Å². The van der Waals surface area contributed by atoms with Crippen molar-refractivity contribution in [3.05, 3.63) is 62.4 Å². The summed E-state index contributed by atoms with van der Waals surface area (Å²) in [6, 6.07) is 7.03. The molecule has 1 saturated carbocycles. The number of nitrogens with zero attached hydrogens (tertiary/aromatic N) is 2. The zero-order chi connectivity index (χ0) is 19.7. The van der Waals surface area contributed by atoms with Gasteiger partial charge in [-0.05, 0) is 36.6 Å². The molecule has 1 atom stereocenters. The van der Waals surface area contributed by atoms with Gasteiger partial charge in [-0.15, -0.1) is 0 Å². The summed E-state index contributed by atoms with van der Waals surface area (Å²) in [6.45, 7) is 0.822. The van der Waals surface area contributed by atoms with Gasteiger partial charge in [0, 0.05) is 24.7 Å². The first kappa shape index (κ1) is 18.2. The number of carbonyl (C=O) groups is 2.